The van der Waals surface area contributed by atoms with Crippen LogP contribution < -0.4 is 14.8 Å². The Morgan fingerprint density at radius 3 is 2.60 bits per heavy atom. The Balaban J connectivity index is 2.32. The Morgan fingerprint density at radius 1 is 1.15 bits per heavy atom. The lowest BCUT2D eigenvalue weighted by Gasteiger charge is -2.09. The third-order valence-electron chi connectivity index (χ3n) is 2.21. The first-order chi connectivity index (χ1) is 9.62. The van der Waals surface area contributed by atoms with Crippen LogP contribution in [0.25, 0.3) is 0 Å². The molecule has 0 atom stereocenters. The van der Waals surface area contributed by atoms with Crippen molar-refractivity contribution in [2.45, 2.75) is 6.92 Å². The van der Waals surface area contributed by atoms with Gasteiger partial charge in [-0.25, -0.2) is 0 Å². The van der Waals surface area contributed by atoms with E-state index >= 15 is 0 Å². The minimum Gasteiger partial charge on any atom is -0.467 e. The summed E-state index contributed by atoms with van der Waals surface area (Å²) in [4.78, 5) is 12.1. The summed E-state index contributed by atoms with van der Waals surface area (Å²) >= 11 is 11.9. The van der Waals surface area contributed by atoms with Gasteiger partial charge in [-0.15, -0.1) is 4.98 Å². The lowest BCUT2D eigenvalue weighted by atomic mass is 10.3. The molecule has 0 radical (unpaired) electrons. The van der Waals surface area contributed by atoms with Gasteiger partial charge in [0, 0.05) is 17.6 Å². The number of ether oxygens (including phenoxy) is 2. The molecule has 0 aliphatic rings. The lowest BCUT2D eigenvalue weighted by Crippen LogP contribution is -2.06. The number of nitrogens with zero attached hydrogens (tertiary/aromatic N) is 3. The van der Waals surface area contributed by atoms with Crippen molar-refractivity contribution < 1.29 is 9.47 Å². The van der Waals surface area contributed by atoms with E-state index in [1.165, 1.54) is 7.11 Å². The highest BCUT2D eigenvalue weighted by atomic mass is 35.5. The van der Waals surface area contributed by atoms with Crippen LogP contribution in [-0.2, 0) is 0 Å². The van der Waals surface area contributed by atoms with Crippen LogP contribution in [0.3, 0.4) is 0 Å². The van der Waals surface area contributed by atoms with E-state index in [0.717, 1.165) is 0 Å². The standard InChI is InChI=1S/C12H12Cl2N4O2/c1-3-15-10-16-11(19-2)18-12(17-10)20-9-6-7(13)4-5-8(9)14/h4-6H,3H2,1-2H3,(H,15,16,17,18). The minimum absolute atomic E-state index is 0.0666. The Labute approximate surface area is 126 Å². The zero-order valence-electron chi connectivity index (χ0n) is 10.9. The smallest absolute Gasteiger partial charge is 0.330 e. The number of hydrogen-bond donors (Lipinski definition) is 1. The first kappa shape index (κ1) is 14.6. The quantitative estimate of drug-likeness (QED) is 0.912. The summed E-state index contributed by atoms with van der Waals surface area (Å²) in [6, 6.07) is 5.08. The van der Waals surface area contributed by atoms with Crippen LogP contribution in [0.2, 0.25) is 10.0 Å². The maximum absolute atomic E-state index is 6.02. The summed E-state index contributed by atoms with van der Waals surface area (Å²) in [5.41, 5.74) is 0. The highest BCUT2D eigenvalue weighted by Crippen LogP contribution is 2.31. The predicted molar refractivity (Wildman–Crippen MR) is 77.1 cm³/mol. The van der Waals surface area contributed by atoms with Crippen molar-refractivity contribution in [2.75, 3.05) is 19.0 Å². The minimum atomic E-state index is 0.0666. The van der Waals surface area contributed by atoms with E-state index in [1.807, 2.05) is 6.92 Å². The van der Waals surface area contributed by atoms with Crippen molar-refractivity contribution in [3.63, 3.8) is 0 Å². The van der Waals surface area contributed by atoms with Gasteiger partial charge < -0.3 is 14.8 Å². The summed E-state index contributed by atoms with van der Waals surface area (Å²) in [6.07, 6.45) is 0. The normalized spacial score (nSPS) is 10.2. The number of anilines is 1. The van der Waals surface area contributed by atoms with E-state index in [0.29, 0.717) is 28.3 Å². The molecular formula is C12H12Cl2N4O2. The second kappa shape index (κ2) is 6.58. The number of hydrogen-bond acceptors (Lipinski definition) is 6. The molecule has 0 aliphatic heterocycles. The molecule has 6 nitrogen and oxygen atoms in total. The zero-order chi connectivity index (χ0) is 14.5. The van der Waals surface area contributed by atoms with Crippen molar-refractivity contribution in [3.8, 4) is 17.8 Å². The maximum atomic E-state index is 6.02. The molecule has 0 aliphatic carbocycles. The fraction of sp³-hybridized carbons (Fsp3) is 0.250. The average Bonchev–Trinajstić information content (AvgIpc) is 2.43. The van der Waals surface area contributed by atoms with Gasteiger partial charge in [0.25, 0.3) is 0 Å². The number of aromatic nitrogens is 3. The van der Waals surface area contributed by atoms with Gasteiger partial charge in [-0.05, 0) is 19.1 Å². The average molecular weight is 315 g/mol. The number of nitrogens with one attached hydrogen (secondary N) is 1. The molecular weight excluding hydrogens is 303 g/mol. The number of halogens is 2. The molecule has 0 saturated carbocycles. The number of benzene rings is 1. The van der Waals surface area contributed by atoms with E-state index < -0.39 is 0 Å². The first-order valence-electron chi connectivity index (χ1n) is 5.79. The summed E-state index contributed by atoms with van der Waals surface area (Å²) in [6.45, 7) is 2.58. The second-order valence-electron chi connectivity index (χ2n) is 3.64. The van der Waals surface area contributed by atoms with E-state index in [1.54, 1.807) is 18.2 Å². The van der Waals surface area contributed by atoms with Crippen molar-refractivity contribution in [1.82, 2.24) is 15.0 Å². The summed E-state index contributed by atoms with van der Waals surface area (Å²) in [5, 5.41) is 3.85. The summed E-state index contributed by atoms with van der Waals surface area (Å²) in [7, 11) is 1.46. The van der Waals surface area contributed by atoms with Gasteiger partial charge >= 0.3 is 12.0 Å². The molecule has 1 aromatic carbocycles. The number of methoxy groups -OCH3 is 1. The van der Waals surface area contributed by atoms with Crippen molar-refractivity contribution >= 4 is 29.2 Å². The molecule has 2 aromatic rings. The van der Waals surface area contributed by atoms with Crippen LogP contribution >= 0.6 is 23.2 Å². The lowest BCUT2D eigenvalue weighted by molar-refractivity contribution is 0.360. The third kappa shape index (κ3) is 3.61. The molecule has 0 unspecified atom stereocenters. The summed E-state index contributed by atoms with van der Waals surface area (Å²) in [5.74, 6) is 0.711. The first-order valence-corrected chi connectivity index (χ1v) is 6.54. The largest absolute Gasteiger partial charge is 0.467 e. The molecule has 106 valence electrons. The predicted octanol–water partition coefficient (Wildman–Crippen LogP) is 3.41. The van der Waals surface area contributed by atoms with Crippen LogP contribution in [0.5, 0.6) is 17.8 Å². The molecule has 0 spiro atoms. The topological polar surface area (TPSA) is 69.2 Å². The van der Waals surface area contributed by atoms with Gasteiger partial charge in [0.15, 0.2) is 5.75 Å². The molecule has 0 bridgehead atoms. The van der Waals surface area contributed by atoms with E-state index in [-0.39, 0.29) is 12.0 Å². The molecule has 8 heteroatoms. The van der Waals surface area contributed by atoms with Crippen LogP contribution in [0.15, 0.2) is 18.2 Å². The van der Waals surface area contributed by atoms with Gasteiger partial charge in [0.05, 0.1) is 12.1 Å². The molecule has 20 heavy (non-hydrogen) atoms. The van der Waals surface area contributed by atoms with Gasteiger partial charge in [-0.1, -0.05) is 23.2 Å². The Bertz CT molecular complexity index is 610. The van der Waals surface area contributed by atoms with Crippen molar-refractivity contribution in [1.29, 1.82) is 0 Å². The Kier molecular flexibility index (Phi) is 4.81. The highest BCUT2D eigenvalue weighted by molar-refractivity contribution is 6.34. The second-order valence-corrected chi connectivity index (χ2v) is 4.48. The Hall–Kier alpha value is -1.79. The Morgan fingerprint density at radius 2 is 1.90 bits per heavy atom. The molecule has 0 saturated heterocycles. The summed E-state index contributed by atoms with van der Waals surface area (Å²) < 4.78 is 10.5. The highest BCUT2D eigenvalue weighted by Gasteiger charge is 2.11. The fourth-order valence-electron chi connectivity index (χ4n) is 1.37. The van der Waals surface area contributed by atoms with Gasteiger partial charge in [-0.3, -0.25) is 0 Å². The van der Waals surface area contributed by atoms with Crippen LogP contribution in [-0.4, -0.2) is 28.6 Å². The van der Waals surface area contributed by atoms with Crippen molar-refractivity contribution in [2.24, 2.45) is 0 Å². The zero-order valence-corrected chi connectivity index (χ0v) is 12.4. The van der Waals surface area contributed by atoms with Gasteiger partial charge in [-0.2, -0.15) is 9.97 Å². The molecule has 0 fully saturated rings. The fourth-order valence-corrected chi connectivity index (χ4v) is 1.68. The monoisotopic (exact) mass is 314 g/mol. The third-order valence-corrected chi connectivity index (χ3v) is 2.75. The maximum Gasteiger partial charge on any atom is 0.330 e. The molecule has 1 heterocycles. The SMILES string of the molecule is CCNc1nc(OC)nc(Oc2cc(Cl)ccc2Cl)n1. The molecule has 0 amide bonds. The number of rotatable bonds is 5. The molecule has 1 N–H and O–H groups in total. The van der Waals surface area contributed by atoms with Crippen molar-refractivity contribution in [3.05, 3.63) is 28.2 Å². The molecule has 1 aromatic heterocycles. The van der Waals surface area contributed by atoms with E-state index in [4.69, 9.17) is 32.7 Å². The van der Waals surface area contributed by atoms with E-state index in [9.17, 15) is 0 Å². The van der Waals surface area contributed by atoms with Crippen LogP contribution in [0.4, 0.5) is 5.95 Å². The van der Waals surface area contributed by atoms with Gasteiger partial charge in [0.2, 0.25) is 5.95 Å². The van der Waals surface area contributed by atoms with E-state index in [2.05, 4.69) is 20.3 Å². The van der Waals surface area contributed by atoms with Crippen LogP contribution in [0.1, 0.15) is 6.92 Å². The van der Waals surface area contributed by atoms with Crippen LogP contribution in [0, 0.1) is 0 Å². The molecule has 2 rings (SSSR count). The van der Waals surface area contributed by atoms with Gasteiger partial charge in [0.1, 0.15) is 0 Å².